The molecule has 0 aromatic heterocycles. The van der Waals surface area contributed by atoms with Crippen LogP contribution < -0.4 is 0 Å². The van der Waals surface area contributed by atoms with Crippen molar-refractivity contribution in [1.82, 2.24) is 0 Å². The molecule has 0 nitrogen and oxygen atoms in total. The first-order valence-corrected chi connectivity index (χ1v) is 4.42. The van der Waals surface area contributed by atoms with Gasteiger partial charge in [-0.1, -0.05) is 49.1 Å². The maximum atomic E-state index is 3.78. The van der Waals surface area contributed by atoms with Crippen molar-refractivity contribution >= 4 is 0 Å². The number of hydrogen-bond acceptors (Lipinski definition) is 0. The molecule has 0 N–H and O–H groups in total. The van der Waals surface area contributed by atoms with E-state index in [1.165, 1.54) is 5.57 Å². The Balaban J connectivity index is 5.17. The summed E-state index contributed by atoms with van der Waals surface area (Å²) in [5, 5.41) is 0. The molecule has 0 aromatic rings. The Kier molecular flexibility index (Phi) is 5.62. The molecule has 0 unspecified atom stereocenters. The van der Waals surface area contributed by atoms with Gasteiger partial charge < -0.3 is 0 Å². The average Bonchev–Trinajstić information content (AvgIpc) is 2.10. The fourth-order valence-corrected chi connectivity index (χ4v) is 1.03. The predicted octanol–water partition coefficient (Wildman–Crippen LogP) is 4.20. The van der Waals surface area contributed by atoms with Gasteiger partial charge in [0.1, 0.15) is 0 Å². The lowest BCUT2D eigenvalue weighted by Gasteiger charge is -2.00. The molecule has 0 bridgehead atoms. The molecule has 0 aliphatic rings. The van der Waals surface area contributed by atoms with Gasteiger partial charge in [-0.3, -0.25) is 0 Å². The molecule has 0 rings (SSSR count). The molecule has 0 spiro atoms. The molecule has 70 valence electrons. The summed E-state index contributed by atoms with van der Waals surface area (Å²) in [5.41, 5.74) is 3.49. The molecule has 0 atom stereocenters. The molecule has 0 saturated heterocycles. The predicted molar refractivity (Wildman–Crippen MR) is 61.7 cm³/mol. The van der Waals surface area contributed by atoms with Gasteiger partial charge in [-0.2, -0.15) is 0 Å². The quantitative estimate of drug-likeness (QED) is 0.560. The van der Waals surface area contributed by atoms with Crippen LogP contribution in [0.5, 0.6) is 0 Å². The zero-order valence-corrected chi connectivity index (χ0v) is 8.80. The Bertz CT molecular complexity index is 268. The highest BCUT2D eigenvalue weighted by atomic mass is 14.0. The van der Waals surface area contributed by atoms with Gasteiger partial charge in [-0.15, -0.1) is 0 Å². The molecule has 0 heterocycles. The van der Waals surface area contributed by atoms with Crippen LogP contribution in [0.4, 0.5) is 0 Å². The van der Waals surface area contributed by atoms with Crippen LogP contribution in [0.15, 0.2) is 60.3 Å². The lowest BCUT2D eigenvalue weighted by atomic mass is 10.1. The SMILES string of the molecule is C=C/C(C=C(C)C)=C(C=C)/C=C\C. The zero-order valence-electron chi connectivity index (χ0n) is 8.80. The van der Waals surface area contributed by atoms with E-state index in [2.05, 4.69) is 33.1 Å². The standard InChI is InChI=1S/C13H18/c1-6-9-12(7-2)13(8-3)10-11(4)5/h6-10H,2-3H2,1,4-5H3/b9-6-,13-12-. The van der Waals surface area contributed by atoms with Crippen molar-refractivity contribution in [3.63, 3.8) is 0 Å². The van der Waals surface area contributed by atoms with Crippen LogP contribution in [0.2, 0.25) is 0 Å². The van der Waals surface area contributed by atoms with Gasteiger partial charge in [0, 0.05) is 0 Å². The lowest BCUT2D eigenvalue weighted by molar-refractivity contribution is 1.37. The first-order valence-electron chi connectivity index (χ1n) is 4.42. The summed E-state index contributed by atoms with van der Waals surface area (Å²) < 4.78 is 0. The highest BCUT2D eigenvalue weighted by molar-refractivity contribution is 5.46. The molecule has 0 aliphatic heterocycles. The fraction of sp³-hybridized carbons (Fsp3) is 0.231. The second-order valence-corrected chi connectivity index (χ2v) is 3.04. The van der Waals surface area contributed by atoms with E-state index in [-0.39, 0.29) is 0 Å². The van der Waals surface area contributed by atoms with Gasteiger partial charge in [0.25, 0.3) is 0 Å². The van der Waals surface area contributed by atoms with Gasteiger partial charge in [0.15, 0.2) is 0 Å². The number of rotatable bonds is 4. The van der Waals surface area contributed by atoms with E-state index in [9.17, 15) is 0 Å². The second-order valence-electron chi connectivity index (χ2n) is 3.04. The van der Waals surface area contributed by atoms with Gasteiger partial charge >= 0.3 is 0 Å². The van der Waals surface area contributed by atoms with Crippen LogP contribution in [0, 0.1) is 0 Å². The first-order chi connectivity index (χ1) is 6.15. The van der Waals surface area contributed by atoms with E-state index in [1.54, 1.807) is 0 Å². The minimum atomic E-state index is 1.11. The molecule has 0 heteroatoms. The number of allylic oxidation sites excluding steroid dienone is 8. The van der Waals surface area contributed by atoms with E-state index >= 15 is 0 Å². The number of hydrogen-bond donors (Lipinski definition) is 0. The minimum Gasteiger partial charge on any atom is -0.0984 e. The van der Waals surface area contributed by atoms with Crippen LogP contribution in [0.25, 0.3) is 0 Å². The molecular formula is C13H18. The van der Waals surface area contributed by atoms with Gasteiger partial charge in [-0.05, 0) is 31.9 Å². The van der Waals surface area contributed by atoms with E-state index < -0.39 is 0 Å². The molecule has 0 saturated carbocycles. The van der Waals surface area contributed by atoms with Crippen LogP contribution in [-0.4, -0.2) is 0 Å². The van der Waals surface area contributed by atoms with Gasteiger partial charge in [0.05, 0.1) is 0 Å². The van der Waals surface area contributed by atoms with Crippen molar-refractivity contribution in [3.05, 3.63) is 60.3 Å². The summed E-state index contributed by atoms with van der Waals surface area (Å²) in [7, 11) is 0. The Hall–Kier alpha value is -1.30. The highest BCUT2D eigenvalue weighted by Crippen LogP contribution is 2.12. The summed E-state index contributed by atoms with van der Waals surface area (Å²) in [6, 6.07) is 0. The highest BCUT2D eigenvalue weighted by Gasteiger charge is 1.92. The summed E-state index contributed by atoms with van der Waals surface area (Å²) in [6.45, 7) is 13.7. The van der Waals surface area contributed by atoms with Gasteiger partial charge in [-0.25, -0.2) is 0 Å². The summed E-state index contributed by atoms with van der Waals surface area (Å²) in [4.78, 5) is 0. The first kappa shape index (κ1) is 11.7. The van der Waals surface area contributed by atoms with Crippen LogP contribution >= 0.6 is 0 Å². The monoisotopic (exact) mass is 174 g/mol. The lowest BCUT2D eigenvalue weighted by Crippen LogP contribution is -1.80. The summed E-state index contributed by atoms with van der Waals surface area (Å²) in [5.74, 6) is 0. The molecule has 0 aromatic carbocycles. The van der Waals surface area contributed by atoms with E-state index in [0.717, 1.165) is 11.1 Å². The minimum absolute atomic E-state index is 1.11. The molecule has 0 aliphatic carbocycles. The van der Waals surface area contributed by atoms with Crippen molar-refractivity contribution < 1.29 is 0 Å². The van der Waals surface area contributed by atoms with Crippen LogP contribution in [0.3, 0.4) is 0 Å². The van der Waals surface area contributed by atoms with Crippen molar-refractivity contribution in [2.24, 2.45) is 0 Å². The second kappa shape index (κ2) is 6.24. The molecule has 0 fully saturated rings. The average molecular weight is 174 g/mol. The maximum absolute atomic E-state index is 3.78. The molecule has 0 amide bonds. The third-order valence-corrected chi connectivity index (χ3v) is 1.56. The molecular weight excluding hydrogens is 156 g/mol. The van der Waals surface area contributed by atoms with Crippen molar-refractivity contribution in [2.75, 3.05) is 0 Å². The maximum Gasteiger partial charge on any atom is -0.0191 e. The Morgan fingerprint density at radius 2 is 1.54 bits per heavy atom. The fourth-order valence-electron chi connectivity index (χ4n) is 1.03. The van der Waals surface area contributed by atoms with E-state index in [4.69, 9.17) is 0 Å². The molecule has 0 radical (unpaired) electrons. The third kappa shape index (κ3) is 4.32. The van der Waals surface area contributed by atoms with Crippen molar-refractivity contribution in [3.8, 4) is 0 Å². The van der Waals surface area contributed by atoms with E-state index in [1.807, 2.05) is 31.2 Å². The summed E-state index contributed by atoms with van der Waals surface area (Å²) >= 11 is 0. The zero-order chi connectivity index (χ0) is 10.3. The van der Waals surface area contributed by atoms with Crippen LogP contribution in [0.1, 0.15) is 20.8 Å². The smallest absolute Gasteiger partial charge is 0.0191 e. The van der Waals surface area contributed by atoms with E-state index in [0.29, 0.717) is 0 Å². The topological polar surface area (TPSA) is 0 Å². The Labute approximate surface area is 81.7 Å². The van der Waals surface area contributed by atoms with Gasteiger partial charge in [0.2, 0.25) is 0 Å². The largest absolute Gasteiger partial charge is 0.0984 e. The normalized spacial score (nSPS) is 12.2. The van der Waals surface area contributed by atoms with Crippen molar-refractivity contribution in [2.45, 2.75) is 20.8 Å². The third-order valence-electron chi connectivity index (χ3n) is 1.56. The molecule has 13 heavy (non-hydrogen) atoms. The van der Waals surface area contributed by atoms with Crippen molar-refractivity contribution in [1.29, 1.82) is 0 Å². The van der Waals surface area contributed by atoms with Crippen LogP contribution in [-0.2, 0) is 0 Å². The Morgan fingerprint density at radius 1 is 1.00 bits per heavy atom. The summed E-state index contributed by atoms with van der Waals surface area (Å²) in [6.07, 6.45) is 9.83. The Morgan fingerprint density at radius 3 is 1.85 bits per heavy atom.